The number of ketones is 1. The summed E-state index contributed by atoms with van der Waals surface area (Å²) in [5.41, 5.74) is 5.08. The summed E-state index contributed by atoms with van der Waals surface area (Å²) in [5, 5.41) is 0.686. The summed E-state index contributed by atoms with van der Waals surface area (Å²) in [7, 11) is 0. The highest BCUT2D eigenvalue weighted by Crippen LogP contribution is 2.41. The molecule has 3 heteroatoms. The molecule has 0 radical (unpaired) electrons. The minimum atomic E-state index is 0.111. The molecule has 0 saturated carbocycles. The zero-order valence-electron chi connectivity index (χ0n) is 13.6. The fourth-order valence-corrected chi connectivity index (χ4v) is 3.31. The number of benzene rings is 2. The van der Waals surface area contributed by atoms with Crippen molar-refractivity contribution in [2.75, 3.05) is 11.4 Å². The minimum Gasteiger partial charge on any atom is -0.364 e. The van der Waals surface area contributed by atoms with Gasteiger partial charge < -0.3 is 4.90 Å². The van der Waals surface area contributed by atoms with E-state index in [4.69, 9.17) is 11.6 Å². The van der Waals surface area contributed by atoms with Gasteiger partial charge >= 0.3 is 0 Å². The van der Waals surface area contributed by atoms with E-state index in [1.165, 1.54) is 0 Å². The van der Waals surface area contributed by atoms with Crippen molar-refractivity contribution in [3.63, 3.8) is 0 Å². The van der Waals surface area contributed by atoms with Crippen LogP contribution in [-0.4, -0.2) is 18.4 Å². The first-order valence-electron chi connectivity index (χ1n) is 7.85. The summed E-state index contributed by atoms with van der Waals surface area (Å²) < 4.78 is 0. The highest BCUT2D eigenvalue weighted by molar-refractivity contribution is 6.31. The van der Waals surface area contributed by atoms with Gasteiger partial charge in [0.15, 0.2) is 5.78 Å². The van der Waals surface area contributed by atoms with Crippen molar-refractivity contribution in [2.24, 2.45) is 0 Å². The molecule has 0 amide bonds. The molecule has 1 aliphatic heterocycles. The number of Topliss-reactive ketones (excluding diaryl/α,β-unsaturated/α-hetero) is 1. The van der Waals surface area contributed by atoms with Gasteiger partial charge in [-0.15, -0.1) is 0 Å². The van der Waals surface area contributed by atoms with Crippen molar-refractivity contribution in [3.05, 3.63) is 70.3 Å². The van der Waals surface area contributed by atoms with Gasteiger partial charge in [0, 0.05) is 34.4 Å². The van der Waals surface area contributed by atoms with Crippen LogP contribution in [0.4, 0.5) is 5.69 Å². The molecule has 23 heavy (non-hydrogen) atoms. The molecular formula is C20H20ClNO. The maximum absolute atomic E-state index is 12.3. The average molecular weight is 326 g/mol. The summed E-state index contributed by atoms with van der Waals surface area (Å²) in [6.07, 6.45) is 0. The lowest BCUT2D eigenvalue weighted by atomic mass is 9.86. The smallest absolute Gasteiger partial charge is 0.158 e. The van der Waals surface area contributed by atoms with Crippen LogP contribution in [0, 0.1) is 0 Å². The lowest BCUT2D eigenvalue weighted by Crippen LogP contribution is -2.37. The number of carbonyl (C=O) groups is 1. The fourth-order valence-electron chi connectivity index (χ4n) is 3.14. The topological polar surface area (TPSA) is 20.3 Å². The predicted octanol–water partition coefficient (Wildman–Crippen LogP) is 4.96. The molecule has 0 saturated heterocycles. The van der Waals surface area contributed by atoms with Crippen LogP contribution in [0.3, 0.4) is 0 Å². The second kappa shape index (κ2) is 6.21. The molecule has 0 aromatic heterocycles. The third-order valence-corrected chi connectivity index (χ3v) is 4.51. The summed E-state index contributed by atoms with van der Waals surface area (Å²) >= 11 is 6.26. The summed E-state index contributed by atoms with van der Waals surface area (Å²) in [4.78, 5) is 14.6. The molecular weight excluding hydrogens is 306 g/mol. The Hall–Kier alpha value is -2.06. The van der Waals surface area contributed by atoms with Gasteiger partial charge in [-0.1, -0.05) is 41.9 Å². The molecule has 2 aromatic rings. The molecule has 0 N–H and O–H groups in total. The van der Waals surface area contributed by atoms with E-state index in [0.717, 1.165) is 28.0 Å². The van der Waals surface area contributed by atoms with E-state index in [9.17, 15) is 4.79 Å². The van der Waals surface area contributed by atoms with E-state index in [0.29, 0.717) is 17.6 Å². The molecule has 0 unspecified atom stereocenters. The number of fused-ring (bicyclic) bond motifs is 1. The third kappa shape index (κ3) is 2.91. The van der Waals surface area contributed by atoms with Gasteiger partial charge in [-0.3, -0.25) is 4.79 Å². The normalized spacial score (nSPS) is 14.2. The van der Waals surface area contributed by atoms with E-state index in [1.807, 2.05) is 42.5 Å². The minimum absolute atomic E-state index is 0.111. The molecule has 0 spiro atoms. The van der Waals surface area contributed by atoms with Crippen molar-refractivity contribution in [1.29, 1.82) is 0 Å². The van der Waals surface area contributed by atoms with Gasteiger partial charge in [0.2, 0.25) is 0 Å². The van der Waals surface area contributed by atoms with Crippen LogP contribution < -0.4 is 4.90 Å². The molecule has 1 aliphatic rings. The van der Waals surface area contributed by atoms with Gasteiger partial charge in [-0.05, 0) is 50.1 Å². The Labute approximate surface area is 142 Å². The van der Waals surface area contributed by atoms with Crippen LogP contribution in [0.5, 0.6) is 0 Å². The number of hydrogen-bond acceptors (Lipinski definition) is 2. The Balaban J connectivity index is 2.31. The Morgan fingerprint density at radius 3 is 2.43 bits per heavy atom. The Kier molecular flexibility index (Phi) is 4.27. The quantitative estimate of drug-likeness (QED) is 0.795. The number of anilines is 1. The first-order chi connectivity index (χ1) is 11.0. The van der Waals surface area contributed by atoms with Gasteiger partial charge in [0.1, 0.15) is 0 Å². The summed E-state index contributed by atoms with van der Waals surface area (Å²) in [5.74, 6) is 0.111. The monoisotopic (exact) mass is 325 g/mol. The standard InChI is InChI=1S/C20H20ClNO/c1-13(2)22-12-18(14(3)23)20(15-7-5-4-6-8-15)17-11-16(21)9-10-19(17)22/h4-11,13H,12H2,1-3H3. The number of carbonyl (C=O) groups excluding carboxylic acids is 1. The van der Waals surface area contributed by atoms with Crippen LogP contribution in [-0.2, 0) is 4.79 Å². The maximum atomic E-state index is 12.3. The molecule has 0 fully saturated rings. The fraction of sp³-hybridized carbons (Fsp3) is 0.250. The highest BCUT2D eigenvalue weighted by atomic mass is 35.5. The molecule has 2 aromatic carbocycles. The molecule has 0 atom stereocenters. The second-order valence-electron chi connectivity index (χ2n) is 6.16. The second-order valence-corrected chi connectivity index (χ2v) is 6.60. The molecule has 0 aliphatic carbocycles. The van der Waals surface area contributed by atoms with Gasteiger partial charge in [-0.2, -0.15) is 0 Å². The first kappa shape index (κ1) is 15.8. The number of halogens is 1. The number of rotatable bonds is 3. The van der Waals surface area contributed by atoms with Crippen molar-refractivity contribution in [1.82, 2.24) is 0 Å². The van der Waals surface area contributed by atoms with Gasteiger partial charge in [0.05, 0.1) is 0 Å². The van der Waals surface area contributed by atoms with Crippen LogP contribution in [0.25, 0.3) is 5.57 Å². The van der Waals surface area contributed by atoms with Crippen LogP contribution in [0.1, 0.15) is 31.9 Å². The number of nitrogens with zero attached hydrogens (tertiary/aromatic N) is 1. The lowest BCUT2D eigenvalue weighted by Gasteiger charge is -2.37. The van der Waals surface area contributed by atoms with Gasteiger partial charge in [-0.25, -0.2) is 0 Å². The lowest BCUT2D eigenvalue weighted by molar-refractivity contribution is -0.113. The predicted molar refractivity (Wildman–Crippen MR) is 97.1 cm³/mol. The van der Waals surface area contributed by atoms with Crippen LogP contribution in [0.15, 0.2) is 54.1 Å². The van der Waals surface area contributed by atoms with Crippen molar-refractivity contribution >= 4 is 28.6 Å². The molecule has 0 bridgehead atoms. The van der Waals surface area contributed by atoms with E-state index >= 15 is 0 Å². The zero-order valence-corrected chi connectivity index (χ0v) is 14.4. The van der Waals surface area contributed by atoms with E-state index < -0.39 is 0 Å². The van der Waals surface area contributed by atoms with Crippen molar-refractivity contribution in [3.8, 4) is 0 Å². The Morgan fingerprint density at radius 1 is 1.13 bits per heavy atom. The Bertz CT molecular complexity index is 777. The maximum Gasteiger partial charge on any atom is 0.158 e. The molecule has 1 heterocycles. The third-order valence-electron chi connectivity index (χ3n) is 4.28. The number of hydrogen-bond donors (Lipinski definition) is 0. The molecule has 2 nitrogen and oxygen atoms in total. The van der Waals surface area contributed by atoms with Crippen LogP contribution in [0.2, 0.25) is 5.02 Å². The molecule has 118 valence electrons. The van der Waals surface area contributed by atoms with Crippen LogP contribution >= 0.6 is 11.6 Å². The highest BCUT2D eigenvalue weighted by Gasteiger charge is 2.28. The Morgan fingerprint density at radius 2 is 1.83 bits per heavy atom. The zero-order chi connectivity index (χ0) is 16.6. The summed E-state index contributed by atoms with van der Waals surface area (Å²) in [6, 6.07) is 16.3. The summed E-state index contributed by atoms with van der Waals surface area (Å²) in [6.45, 7) is 6.56. The van der Waals surface area contributed by atoms with E-state index in [-0.39, 0.29) is 5.78 Å². The largest absolute Gasteiger partial charge is 0.364 e. The van der Waals surface area contributed by atoms with E-state index in [2.05, 4.69) is 24.8 Å². The van der Waals surface area contributed by atoms with Crippen molar-refractivity contribution in [2.45, 2.75) is 26.8 Å². The van der Waals surface area contributed by atoms with Crippen molar-refractivity contribution < 1.29 is 4.79 Å². The van der Waals surface area contributed by atoms with Gasteiger partial charge in [0.25, 0.3) is 0 Å². The SMILES string of the molecule is CC(=O)C1=C(c2ccccc2)c2cc(Cl)ccc2N(C(C)C)C1. The van der Waals surface area contributed by atoms with E-state index in [1.54, 1.807) is 6.92 Å². The molecule has 3 rings (SSSR count). The first-order valence-corrected chi connectivity index (χ1v) is 8.23. The average Bonchev–Trinajstić information content (AvgIpc) is 2.53.